The first-order valence-electron chi connectivity index (χ1n) is 9.09. The van der Waals surface area contributed by atoms with Crippen molar-refractivity contribution in [2.24, 2.45) is 0 Å². The third kappa shape index (κ3) is 4.28. The fourth-order valence-corrected chi connectivity index (χ4v) is 3.88. The number of likely N-dealkylation sites (N-methyl/N-ethyl adjacent to an activating group) is 1. The lowest BCUT2D eigenvalue weighted by atomic mass is 10.0. The minimum absolute atomic E-state index is 0.185. The Labute approximate surface area is 144 Å². The third-order valence-corrected chi connectivity index (χ3v) is 5.24. The average molecular weight is 331 g/mol. The predicted octanol–water partition coefficient (Wildman–Crippen LogP) is 1.57. The second kappa shape index (κ2) is 7.99. The van der Waals surface area contributed by atoms with E-state index in [2.05, 4.69) is 41.1 Å². The summed E-state index contributed by atoms with van der Waals surface area (Å²) in [6.45, 7) is 3.98. The van der Waals surface area contributed by atoms with Crippen LogP contribution in [0.1, 0.15) is 25.7 Å². The number of anilines is 1. The van der Waals surface area contributed by atoms with Crippen LogP contribution in [0, 0.1) is 0 Å². The number of nitrogens with zero attached hydrogens (tertiary/aromatic N) is 3. The molecule has 2 aliphatic heterocycles. The molecule has 5 heteroatoms. The van der Waals surface area contributed by atoms with Crippen LogP contribution in [-0.4, -0.2) is 72.7 Å². The van der Waals surface area contributed by atoms with Gasteiger partial charge in [-0.3, -0.25) is 9.69 Å². The molecule has 132 valence electrons. The monoisotopic (exact) mass is 331 g/mol. The van der Waals surface area contributed by atoms with E-state index < -0.39 is 6.10 Å². The average Bonchev–Trinajstić information content (AvgIpc) is 3.00. The van der Waals surface area contributed by atoms with Gasteiger partial charge in [0.2, 0.25) is 5.91 Å². The normalized spacial score (nSPS) is 23.1. The molecule has 0 saturated carbocycles. The van der Waals surface area contributed by atoms with E-state index in [1.54, 1.807) is 4.90 Å². The van der Waals surface area contributed by atoms with E-state index in [1.807, 2.05) is 6.07 Å². The Morgan fingerprint density at radius 3 is 2.75 bits per heavy atom. The second-order valence-electron chi connectivity index (χ2n) is 7.11. The van der Waals surface area contributed by atoms with Crippen LogP contribution in [0.5, 0.6) is 0 Å². The number of para-hydroxylation sites is 1. The van der Waals surface area contributed by atoms with Gasteiger partial charge in [-0.15, -0.1) is 0 Å². The minimum Gasteiger partial charge on any atom is -0.390 e. The van der Waals surface area contributed by atoms with Gasteiger partial charge in [-0.1, -0.05) is 18.2 Å². The number of aliphatic hydroxyl groups is 1. The number of hydrogen-bond acceptors (Lipinski definition) is 4. The molecule has 0 bridgehead atoms. The highest BCUT2D eigenvalue weighted by Crippen LogP contribution is 2.22. The standard InChI is InChI=1S/C19H29N3O2/c1-20(14-18(23)15-22-12-6-10-19(22)24)17-9-5-11-21(13-17)16-7-3-2-4-8-16/h2-4,7-8,17-18,23H,5-6,9-15H2,1H3/t17-,18-/m0/s1. The fraction of sp³-hybridized carbons (Fsp3) is 0.632. The molecule has 1 aromatic rings. The van der Waals surface area contributed by atoms with Gasteiger partial charge in [0.15, 0.2) is 0 Å². The lowest BCUT2D eigenvalue weighted by molar-refractivity contribution is -0.129. The van der Waals surface area contributed by atoms with Gasteiger partial charge < -0.3 is 14.9 Å². The summed E-state index contributed by atoms with van der Waals surface area (Å²) in [6.07, 6.45) is 3.43. The molecule has 2 fully saturated rings. The molecule has 2 heterocycles. The molecule has 0 aromatic heterocycles. The molecule has 24 heavy (non-hydrogen) atoms. The maximum Gasteiger partial charge on any atom is 0.222 e. The third-order valence-electron chi connectivity index (χ3n) is 5.24. The molecule has 2 aliphatic rings. The summed E-state index contributed by atoms with van der Waals surface area (Å²) >= 11 is 0. The van der Waals surface area contributed by atoms with Crippen LogP contribution in [-0.2, 0) is 4.79 Å². The lowest BCUT2D eigenvalue weighted by Gasteiger charge is -2.39. The molecule has 0 radical (unpaired) electrons. The zero-order valence-electron chi connectivity index (χ0n) is 14.6. The zero-order valence-corrected chi connectivity index (χ0v) is 14.6. The summed E-state index contributed by atoms with van der Waals surface area (Å²) in [5, 5.41) is 10.4. The number of benzene rings is 1. The van der Waals surface area contributed by atoms with Crippen molar-refractivity contribution in [1.29, 1.82) is 0 Å². The largest absolute Gasteiger partial charge is 0.390 e. The van der Waals surface area contributed by atoms with Gasteiger partial charge in [0.05, 0.1) is 6.10 Å². The number of β-amino-alcohol motifs (C(OH)–C–C–N with tert-alkyl or cyclic N) is 1. The van der Waals surface area contributed by atoms with Gasteiger partial charge in [-0.05, 0) is 38.4 Å². The highest BCUT2D eigenvalue weighted by molar-refractivity contribution is 5.78. The van der Waals surface area contributed by atoms with E-state index in [0.29, 0.717) is 25.6 Å². The van der Waals surface area contributed by atoms with E-state index in [1.165, 1.54) is 12.1 Å². The van der Waals surface area contributed by atoms with E-state index in [0.717, 1.165) is 32.5 Å². The van der Waals surface area contributed by atoms with Crippen molar-refractivity contribution in [2.45, 2.75) is 37.8 Å². The predicted molar refractivity (Wildman–Crippen MR) is 96.1 cm³/mol. The number of hydrogen-bond donors (Lipinski definition) is 1. The summed E-state index contributed by atoms with van der Waals surface area (Å²) in [4.78, 5) is 18.2. The Balaban J connectivity index is 1.50. The van der Waals surface area contributed by atoms with Crippen LogP contribution in [0.25, 0.3) is 0 Å². The van der Waals surface area contributed by atoms with Crippen LogP contribution in [0.15, 0.2) is 30.3 Å². The van der Waals surface area contributed by atoms with Crippen LogP contribution in [0.2, 0.25) is 0 Å². The van der Waals surface area contributed by atoms with Crippen molar-refractivity contribution < 1.29 is 9.90 Å². The number of carbonyl (C=O) groups is 1. The van der Waals surface area contributed by atoms with Crippen molar-refractivity contribution >= 4 is 11.6 Å². The van der Waals surface area contributed by atoms with Gasteiger partial charge in [-0.2, -0.15) is 0 Å². The first-order chi connectivity index (χ1) is 11.6. The Bertz CT molecular complexity index is 537. The first-order valence-corrected chi connectivity index (χ1v) is 9.09. The summed E-state index contributed by atoms with van der Waals surface area (Å²) in [5.41, 5.74) is 1.28. The molecule has 1 N–H and O–H groups in total. The molecular weight excluding hydrogens is 302 g/mol. The summed E-state index contributed by atoms with van der Waals surface area (Å²) in [6, 6.07) is 11.0. The van der Waals surface area contributed by atoms with Gasteiger partial charge in [-0.25, -0.2) is 0 Å². The Morgan fingerprint density at radius 1 is 1.25 bits per heavy atom. The Morgan fingerprint density at radius 2 is 2.04 bits per heavy atom. The summed E-state index contributed by atoms with van der Waals surface area (Å²) < 4.78 is 0. The Kier molecular flexibility index (Phi) is 5.74. The highest BCUT2D eigenvalue weighted by atomic mass is 16.3. The maximum atomic E-state index is 11.7. The van der Waals surface area contributed by atoms with Gasteiger partial charge in [0.1, 0.15) is 0 Å². The Hall–Kier alpha value is -1.59. The SMILES string of the molecule is CN(C[C@H](O)CN1CCCC1=O)[C@H]1CCCN(c2ccccc2)C1. The van der Waals surface area contributed by atoms with E-state index >= 15 is 0 Å². The van der Waals surface area contributed by atoms with Crippen molar-refractivity contribution in [3.8, 4) is 0 Å². The first kappa shape index (κ1) is 17.2. The number of amides is 1. The molecule has 1 amide bonds. The van der Waals surface area contributed by atoms with Crippen molar-refractivity contribution in [3.05, 3.63) is 30.3 Å². The number of rotatable bonds is 6. The lowest BCUT2D eigenvalue weighted by Crippen LogP contribution is -2.50. The summed E-state index contributed by atoms with van der Waals surface area (Å²) in [7, 11) is 2.09. The van der Waals surface area contributed by atoms with Crippen LogP contribution in [0.4, 0.5) is 5.69 Å². The van der Waals surface area contributed by atoms with Gasteiger partial charge in [0, 0.05) is 50.9 Å². The molecule has 3 rings (SSSR count). The van der Waals surface area contributed by atoms with E-state index in [9.17, 15) is 9.90 Å². The minimum atomic E-state index is -0.468. The number of aliphatic hydroxyl groups excluding tert-OH is 1. The van der Waals surface area contributed by atoms with Crippen LogP contribution in [0.3, 0.4) is 0 Å². The molecule has 0 aliphatic carbocycles. The maximum absolute atomic E-state index is 11.7. The molecule has 1 aromatic carbocycles. The second-order valence-corrected chi connectivity index (χ2v) is 7.11. The topological polar surface area (TPSA) is 47.0 Å². The van der Waals surface area contributed by atoms with Crippen LogP contribution >= 0.6 is 0 Å². The summed E-state index contributed by atoms with van der Waals surface area (Å²) in [5.74, 6) is 0.185. The molecular formula is C19H29N3O2. The number of carbonyl (C=O) groups excluding carboxylic acids is 1. The highest BCUT2D eigenvalue weighted by Gasteiger charge is 2.27. The van der Waals surface area contributed by atoms with Gasteiger partial charge >= 0.3 is 0 Å². The molecule has 0 unspecified atom stereocenters. The molecule has 2 saturated heterocycles. The van der Waals surface area contributed by atoms with Crippen molar-refractivity contribution in [1.82, 2.24) is 9.80 Å². The smallest absolute Gasteiger partial charge is 0.222 e. The van der Waals surface area contributed by atoms with Crippen LogP contribution < -0.4 is 4.90 Å². The van der Waals surface area contributed by atoms with Gasteiger partial charge in [0.25, 0.3) is 0 Å². The number of likely N-dealkylation sites (tertiary alicyclic amines) is 1. The van der Waals surface area contributed by atoms with Crippen molar-refractivity contribution in [2.75, 3.05) is 44.7 Å². The fourth-order valence-electron chi connectivity index (χ4n) is 3.88. The molecule has 2 atom stereocenters. The number of piperidine rings is 1. The quantitative estimate of drug-likeness (QED) is 0.860. The molecule has 5 nitrogen and oxygen atoms in total. The zero-order chi connectivity index (χ0) is 16.9. The van der Waals surface area contributed by atoms with E-state index in [4.69, 9.17) is 0 Å². The van der Waals surface area contributed by atoms with E-state index in [-0.39, 0.29) is 5.91 Å². The van der Waals surface area contributed by atoms with Crippen molar-refractivity contribution in [3.63, 3.8) is 0 Å². The molecule has 0 spiro atoms.